The highest BCUT2D eigenvalue weighted by Gasteiger charge is 2.05. The van der Waals surface area contributed by atoms with E-state index in [-0.39, 0.29) is 5.91 Å². The Morgan fingerprint density at radius 1 is 1.16 bits per heavy atom. The van der Waals surface area contributed by atoms with Crippen molar-refractivity contribution in [3.05, 3.63) is 58.6 Å². The lowest BCUT2D eigenvalue weighted by atomic mass is 10.1. The van der Waals surface area contributed by atoms with Gasteiger partial charge in [0.1, 0.15) is 0 Å². The average Bonchev–Trinajstić information content (AvgIpc) is 2.39. The molecule has 0 radical (unpaired) electrons. The number of halogens is 1. The molecule has 4 heteroatoms. The number of aryl methyl sites for hydroxylation is 1. The lowest BCUT2D eigenvalue weighted by Gasteiger charge is -2.07. The summed E-state index contributed by atoms with van der Waals surface area (Å²) >= 11 is 3.40. The third-order valence-electron chi connectivity index (χ3n) is 2.74. The van der Waals surface area contributed by atoms with Crippen LogP contribution in [0.4, 0.5) is 11.4 Å². The number of nitrogens with one attached hydrogen (secondary N) is 1. The number of carbonyl (C=O) groups excluding carboxylic acids is 1. The number of hydrogen-bond acceptors (Lipinski definition) is 2. The summed E-state index contributed by atoms with van der Waals surface area (Å²) in [6, 6.07) is 15.2. The number of anilines is 2. The molecule has 0 fully saturated rings. The van der Waals surface area contributed by atoms with Gasteiger partial charge >= 0.3 is 0 Å². The van der Waals surface area contributed by atoms with E-state index < -0.39 is 0 Å². The van der Waals surface area contributed by atoms with Crippen LogP contribution in [0.15, 0.2) is 53.0 Å². The molecule has 0 atom stereocenters. The van der Waals surface area contributed by atoms with E-state index in [1.54, 1.807) is 0 Å². The fourth-order valence-corrected chi connectivity index (χ4v) is 2.17. The Labute approximate surface area is 121 Å². The number of hydrogen-bond donors (Lipinski definition) is 2. The summed E-state index contributed by atoms with van der Waals surface area (Å²) in [5, 5.41) is 2.88. The maximum absolute atomic E-state index is 11.9. The van der Waals surface area contributed by atoms with Crippen LogP contribution < -0.4 is 11.1 Å². The van der Waals surface area contributed by atoms with Crippen LogP contribution in [0, 0.1) is 0 Å². The first-order valence-corrected chi connectivity index (χ1v) is 6.83. The second-order valence-electron chi connectivity index (χ2n) is 4.27. The molecule has 0 bridgehead atoms. The van der Waals surface area contributed by atoms with E-state index in [9.17, 15) is 4.79 Å². The van der Waals surface area contributed by atoms with Crippen molar-refractivity contribution in [3.8, 4) is 0 Å². The van der Waals surface area contributed by atoms with Crippen LogP contribution >= 0.6 is 15.9 Å². The highest BCUT2D eigenvalue weighted by Crippen LogP contribution is 2.21. The van der Waals surface area contributed by atoms with E-state index in [1.807, 2.05) is 48.5 Å². The highest BCUT2D eigenvalue weighted by molar-refractivity contribution is 9.10. The molecule has 2 rings (SSSR count). The van der Waals surface area contributed by atoms with Crippen molar-refractivity contribution in [2.45, 2.75) is 12.8 Å². The van der Waals surface area contributed by atoms with Crippen molar-refractivity contribution in [1.82, 2.24) is 0 Å². The molecular weight excluding hydrogens is 304 g/mol. The summed E-state index contributed by atoms with van der Waals surface area (Å²) < 4.78 is 0.882. The molecule has 0 saturated heterocycles. The standard InChI is InChI=1S/C15H15BrN2O/c16-13-6-1-2-7-14(13)18-15(19)9-8-11-4-3-5-12(17)10-11/h1-7,10H,8-9,17H2,(H,18,19). The summed E-state index contributed by atoms with van der Waals surface area (Å²) in [4.78, 5) is 11.9. The Morgan fingerprint density at radius 3 is 2.68 bits per heavy atom. The molecule has 2 aromatic carbocycles. The highest BCUT2D eigenvalue weighted by atomic mass is 79.9. The van der Waals surface area contributed by atoms with Gasteiger partial charge in [0.25, 0.3) is 0 Å². The van der Waals surface area contributed by atoms with Crippen molar-refractivity contribution >= 4 is 33.2 Å². The monoisotopic (exact) mass is 318 g/mol. The van der Waals surface area contributed by atoms with Crippen LogP contribution in [-0.4, -0.2) is 5.91 Å². The SMILES string of the molecule is Nc1cccc(CCC(=O)Nc2ccccc2Br)c1. The van der Waals surface area contributed by atoms with Crippen molar-refractivity contribution in [1.29, 1.82) is 0 Å². The van der Waals surface area contributed by atoms with Gasteiger partial charge in [-0.25, -0.2) is 0 Å². The van der Waals surface area contributed by atoms with E-state index >= 15 is 0 Å². The predicted molar refractivity (Wildman–Crippen MR) is 81.9 cm³/mol. The maximum atomic E-state index is 11.9. The quantitative estimate of drug-likeness (QED) is 0.846. The van der Waals surface area contributed by atoms with Crippen molar-refractivity contribution < 1.29 is 4.79 Å². The number of rotatable bonds is 4. The first-order chi connectivity index (χ1) is 9.15. The Kier molecular flexibility index (Phi) is 4.58. The number of benzene rings is 2. The van der Waals surface area contributed by atoms with Crippen molar-refractivity contribution in [3.63, 3.8) is 0 Å². The summed E-state index contributed by atoms with van der Waals surface area (Å²) in [6.45, 7) is 0. The van der Waals surface area contributed by atoms with Gasteiger partial charge in [0, 0.05) is 16.6 Å². The predicted octanol–water partition coefficient (Wildman–Crippen LogP) is 3.60. The minimum Gasteiger partial charge on any atom is -0.399 e. The van der Waals surface area contributed by atoms with E-state index in [0.717, 1.165) is 21.4 Å². The molecule has 0 spiro atoms. The molecule has 2 aromatic rings. The minimum atomic E-state index is -0.00526. The van der Waals surface area contributed by atoms with Crippen LogP contribution in [0.5, 0.6) is 0 Å². The van der Waals surface area contributed by atoms with Crippen molar-refractivity contribution in [2.24, 2.45) is 0 Å². The summed E-state index contributed by atoms with van der Waals surface area (Å²) in [5.41, 5.74) is 8.29. The Bertz CT molecular complexity index is 584. The number of carbonyl (C=O) groups is 1. The summed E-state index contributed by atoms with van der Waals surface area (Å²) in [5.74, 6) is -0.00526. The van der Waals surface area contributed by atoms with Crippen LogP contribution in [-0.2, 0) is 11.2 Å². The second-order valence-corrected chi connectivity index (χ2v) is 5.13. The fraction of sp³-hybridized carbons (Fsp3) is 0.133. The fourth-order valence-electron chi connectivity index (χ4n) is 1.78. The van der Waals surface area contributed by atoms with Crippen LogP contribution in [0.3, 0.4) is 0 Å². The number of nitrogens with two attached hydrogens (primary N) is 1. The third kappa shape index (κ3) is 4.10. The molecule has 0 saturated carbocycles. The van der Waals surface area contributed by atoms with Gasteiger partial charge in [-0.05, 0) is 52.2 Å². The van der Waals surface area contributed by atoms with Gasteiger partial charge in [0.2, 0.25) is 5.91 Å². The zero-order chi connectivity index (χ0) is 13.7. The molecule has 0 aromatic heterocycles. The molecule has 1 amide bonds. The van der Waals surface area contributed by atoms with E-state index in [0.29, 0.717) is 12.8 Å². The van der Waals surface area contributed by atoms with Gasteiger partial charge in [0.05, 0.1) is 5.69 Å². The Hall–Kier alpha value is -1.81. The van der Waals surface area contributed by atoms with E-state index in [1.165, 1.54) is 0 Å². The molecule has 0 unspecified atom stereocenters. The van der Waals surface area contributed by atoms with Crippen LogP contribution in [0.2, 0.25) is 0 Å². The molecular formula is C15H15BrN2O. The van der Waals surface area contributed by atoms with Crippen LogP contribution in [0.25, 0.3) is 0 Å². The smallest absolute Gasteiger partial charge is 0.224 e. The average molecular weight is 319 g/mol. The Morgan fingerprint density at radius 2 is 1.95 bits per heavy atom. The van der Waals surface area contributed by atoms with Gasteiger partial charge in [-0.1, -0.05) is 24.3 Å². The topological polar surface area (TPSA) is 55.1 Å². The molecule has 0 heterocycles. The normalized spacial score (nSPS) is 10.2. The van der Waals surface area contributed by atoms with E-state index in [2.05, 4.69) is 21.2 Å². The van der Waals surface area contributed by atoms with Gasteiger partial charge < -0.3 is 11.1 Å². The van der Waals surface area contributed by atoms with Crippen molar-refractivity contribution in [2.75, 3.05) is 11.1 Å². The minimum absolute atomic E-state index is 0.00526. The van der Waals surface area contributed by atoms with Gasteiger partial charge in [0.15, 0.2) is 0 Å². The van der Waals surface area contributed by atoms with Gasteiger partial charge in [-0.15, -0.1) is 0 Å². The first-order valence-electron chi connectivity index (χ1n) is 6.04. The van der Waals surface area contributed by atoms with Crippen LogP contribution in [0.1, 0.15) is 12.0 Å². The summed E-state index contributed by atoms with van der Waals surface area (Å²) in [6.07, 6.45) is 1.12. The molecule has 19 heavy (non-hydrogen) atoms. The molecule has 3 N–H and O–H groups in total. The molecule has 0 aliphatic rings. The first kappa shape index (κ1) is 13.6. The zero-order valence-corrected chi connectivity index (χ0v) is 12.0. The summed E-state index contributed by atoms with van der Waals surface area (Å²) in [7, 11) is 0. The van der Waals surface area contributed by atoms with Gasteiger partial charge in [-0.2, -0.15) is 0 Å². The lowest BCUT2D eigenvalue weighted by Crippen LogP contribution is -2.12. The van der Waals surface area contributed by atoms with E-state index in [4.69, 9.17) is 5.73 Å². The number of amides is 1. The number of nitrogen functional groups attached to an aromatic ring is 1. The molecule has 0 aliphatic carbocycles. The molecule has 98 valence electrons. The lowest BCUT2D eigenvalue weighted by molar-refractivity contribution is -0.116. The maximum Gasteiger partial charge on any atom is 0.224 e. The third-order valence-corrected chi connectivity index (χ3v) is 3.43. The second kappa shape index (κ2) is 6.38. The molecule has 0 aliphatic heterocycles. The molecule has 3 nitrogen and oxygen atoms in total. The Balaban J connectivity index is 1.90. The zero-order valence-electron chi connectivity index (χ0n) is 10.4. The number of para-hydroxylation sites is 1. The van der Waals surface area contributed by atoms with Gasteiger partial charge in [-0.3, -0.25) is 4.79 Å². The largest absolute Gasteiger partial charge is 0.399 e.